The lowest BCUT2D eigenvalue weighted by atomic mass is 10.1. The maximum absolute atomic E-state index is 5.61. The second-order valence-corrected chi connectivity index (χ2v) is 5.39. The molecule has 0 bridgehead atoms. The fourth-order valence-corrected chi connectivity index (χ4v) is 2.34. The van der Waals surface area contributed by atoms with Gasteiger partial charge in [0.1, 0.15) is 0 Å². The number of fused-ring (bicyclic) bond motifs is 1. The van der Waals surface area contributed by atoms with Gasteiger partial charge in [-0.05, 0) is 36.8 Å². The first-order valence-corrected chi connectivity index (χ1v) is 7.02. The zero-order valence-electron chi connectivity index (χ0n) is 11.5. The topological polar surface area (TPSA) is 34.1 Å². The Balaban J connectivity index is 1.64. The molecule has 1 unspecified atom stereocenters. The first-order valence-electron chi connectivity index (χ1n) is 7.02. The summed E-state index contributed by atoms with van der Waals surface area (Å²) >= 11 is 0. The summed E-state index contributed by atoms with van der Waals surface area (Å²) in [5.41, 5.74) is 2.63. The summed E-state index contributed by atoms with van der Waals surface area (Å²) in [5, 5.41) is 3.54. The fraction of sp³-hybridized carbons (Fsp3) is 0.667. The smallest absolute Gasteiger partial charge is 0.0605 e. The molecule has 1 aromatic rings. The minimum absolute atomic E-state index is 0.426. The molecule has 1 aliphatic carbocycles. The van der Waals surface area contributed by atoms with Gasteiger partial charge in [0.25, 0.3) is 0 Å². The van der Waals surface area contributed by atoms with Crippen LogP contribution in [0.2, 0.25) is 0 Å². The predicted molar refractivity (Wildman–Crippen MR) is 73.6 cm³/mol. The quantitative estimate of drug-likeness (QED) is 0.753. The first kappa shape index (κ1) is 13.5. The summed E-state index contributed by atoms with van der Waals surface area (Å²) in [6, 6.07) is 4.63. The number of aromatic nitrogens is 1. The first-order chi connectivity index (χ1) is 8.77. The van der Waals surface area contributed by atoms with E-state index in [0.29, 0.717) is 6.04 Å². The number of nitrogens with one attached hydrogen (secondary N) is 1. The normalized spacial score (nSPS) is 18.3. The molecule has 0 fully saturated rings. The van der Waals surface area contributed by atoms with E-state index in [-0.39, 0.29) is 0 Å². The van der Waals surface area contributed by atoms with Crippen molar-refractivity contribution in [3.63, 3.8) is 0 Å². The molecule has 100 valence electrons. The van der Waals surface area contributed by atoms with Crippen molar-refractivity contribution in [3.8, 4) is 0 Å². The molecule has 3 heteroatoms. The van der Waals surface area contributed by atoms with Crippen molar-refractivity contribution < 1.29 is 4.74 Å². The molecule has 1 N–H and O–H groups in total. The van der Waals surface area contributed by atoms with E-state index in [1.54, 1.807) is 0 Å². The van der Waals surface area contributed by atoms with E-state index in [4.69, 9.17) is 4.74 Å². The Kier molecular flexibility index (Phi) is 5.14. The van der Waals surface area contributed by atoms with E-state index in [0.717, 1.165) is 38.5 Å². The highest BCUT2D eigenvalue weighted by molar-refractivity contribution is 5.27. The van der Waals surface area contributed by atoms with Gasteiger partial charge in [-0.1, -0.05) is 19.9 Å². The molecule has 18 heavy (non-hydrogen) atoms. The molecule has 3 nitrogen and oxygen atoms in total. The van der Waals surface area contributed by atoms with Crippen LogP contribution in [-0.4, -0.2) is 24.7 Å². The summed E-state index contributed by atoms with van der Waals surface area (Å²) in [6.45, 7) is 7.04. The van der Waals surface area contributed by atoms with E-state index < -0.39 is 0 Å². The summed E-state index contributed by atoms with van der Waals surface area (Å²) in [4.78, 5) is 4.48. The number of hydrogen-bond donors (Lipinski definition) is 1. The van der Waals surface area contributed by atoms with E-state index in [1.807, 2.05) is 12.3 Å². The maximum atomic E-state index is 5.61. The number of nitrogens with zero attached hydrogens (tertiary/aromatic N) is 1. The van der Waals surface area contributed by atoms with Gasteiger partial charge in [0.05, 0.1) is 18.3 Å². The van der Waals surface area contributed by atoms with Crippen LogP contribution in [0.4, 0.5) is 0 Å². The molecule has 0 aromatic carbocycles. The van der Waals surface area contributed by atoms with Gasteiger partial charge in [-0.2, -0.15) is 0 Å². The number of aryl methyl sites for hydroxylation is 1. The molecule has 1 heterocycles. The Morgan fingerprint density at radius 2 is 2.33 bits per heavy atom. The van der Waals surface area contributed by atoms with Crippen molar-refractivity contribution in [1.82, 2.24) is 10.3 Å². The predicted octanol–water partition coefficient (Wildman–Crippen LogP) is 2.72. The lowest BCUT2D eigenvalue weighted by molar-refractivity contribution is 0.123. The third-order valence-corrected chi connectivity index (χ3v) is 3.44. The van der Waals surface area contributed by atoms with Crippen LogP contribution in [0.5, 0.6) is 0 Å². The van der Waals surface area contributed by atoms with Crippen molar-refractivity contribution in [2.24, 2.45) is 5.92 Å². The summed E-state index contributed by atoms with van der Waals surface area (Å²) in [5.74, 6) is 0.726. The molecule has 1 aromatic heterocycles. The summed E-state index contributed by atoms with van der Waals surface area (Å²) < 4.78 is 5.61. The molecule has 0 radical (unpaired) electrons. The lowest BCUT2D eigenvalue weighted by Gasteiger charge is -2.13. The minimum atomic E-state index is 0.426. The van der Waals surface area contributed by atoms with Gasteiger partial charge in [0.2, 0.25) is 0 Å². The standard InChI is InChI=1S/C15H24N2O/c1-12(2)7-10-18-11-9-16-14-6-5-13-4-3-8-17-15(13)14/h3-4,8,12,14,16H,5-7,9-11H2,1-2H3. The lowest BCUT2D eigenvalue weighted by Crippen LogP contribution is -2.24. The van der Waals surface area contributed by atoms with Crippen molar-refractivity contribution in [3.05, 3.63) is 29.6 Å². The Morgan fingerprint density at radius 1 is 1.44 bits per heavy atom. The van der Waals surface area contributed by atoms with Crippen LogP contribution < -0.4 is 5.32 Å². The van der Waals surface area contributed by atoms with E-state index >= 15 is 0 Å². The largest absolute Gasteiger partial charge is 0.380 e. The maximum Gasteiger partial charge on any atom is 0.0605 e. The van der Waals surface area contributed by atoms with Crippen LogP contribution >= 0.6 is 0 Å². The Morgan fingerprint density at radius 3 is 3.17 bits per heavy atom. The molecule has 1 atom stereocenters. The second kappa shape index (κ2) is 6.86. The molecule has 0 spiro atoms. The molecule has 0 saturated carbocycles. The highest BCUT2D eigenvalue weighted by Gasteiger charge is 2.22. The van der Waals surface area contributed by atoms with Gasteiger partial charge in [0.15, 0.2) is 0 Å². The van der Waals surface area contributed by atoms with Gasteiger partial charge in [-0.15, -0.1) is 0 Å². The molecular formula is C15H24N2O. The Bertz CT molecular complexity index is 365. The van der Waals surface area contributed by atoms with Crippen molar-refractivity contribution >= 4 is 0 Å². The van der Waals surface area contributed by atoms with Crippen LogP contribution in [0.3, 0.4) is 0 Å². The molecule has 0 saturated heterocycles. The van der Waals surface area contributed by atoms with Crippen LogP contribution in [0.15, 0.2) is 18.3 Å². The van der Waals surface area contributed by atoms with E-state index in [1.165, 1.54) is 17.7 Å². The van der Waals surface area contributed by atoms with Gasteiger partial charge in [0, 0.05) is 19.3 Å². The van der Waals surface area contributed by atoms with Gasteiger partial charge in [-0.3, -0.25) is 4.98 Å². The molecule has 2 rings (SSSR count). The number of ether oxygens (including phenoxy) is 1. The van der Waals surface area contributed by atoms with Crippen molar-refractivity contribution in [2.45, 2.75) is 39.2 Å². The van der Waals surface area contributed by atoms with Crippen molar-refractivity contribution in [1.29, 1.82) is 0 Å². The molecule has 0 aliphatic heterocycles. The highest BCUT2D eigenvalue weighted by atomic mass is 16.5. The van der Waals surface area contributed by atoms with Crippen LogP contribution in [0, 0.1) is 5.92 Å². The zero-order chi connectivity index (χ0) is 12.8. The molecule has 1 aliphatic rings. The average molecular weight is 248 g/mol. The molecule has 0 amide bonds. The number of hydrogen-bond acceptors (Lipinski definition) is 3. The average Bonchev–Trinajstić information content (AvgIpc) is 2.77. The second-order valence-electron chi connectivity index (χ2n) is 5.39. The number of rotatable bonds is 7. The Hall–Kier alpha value is -0.930. The Labute approximate surface area is 110 Å². The van der Waals surface area contributed by atoms with Crippen LogP contribution in [-0.2, 0) is 11.2 Å². The monoisotopic (exact) mass is 248 g/mol. The van der Waals surface area contributed by atoms with Gasteiger partial charge < -0.3 is 10.1 Å². The summed E-state index contributed by atoms with van der Waals surface area (Å²) in [7, 11) is 0. The third kappa shape index (κ3) is 3.79. The van der Waals surface area contributed by atoms with E-state index in [9.17, 15) is 0 Å². The minimum Gasteiger partial charge on any atom is -0.380 e. The van der Waals surface area contributed by atoms with Crippen molar-refractivity contribution in [2.75, 3.05) is 19.8 Å². The van der Waals surface area contributed by atoms with E-state index in [2.05, 4.69) is 30.2 Å². The highest BCUT2D eigenvalue weighted by Crippen LogP contribution is 2.28. The SMILES string of the molecule is CC(C)CCOCCNC1CCc2cccnc21. The molecular weight excluding hydrogens is 224 g/mol. The third-order valence-electron chi connectivity index (χ3n) is 3.44. The number of pyridine rings is 1. The van der Waals surface area contributed by atoms with Gasteiger partial charge in [-0.25, -0.2) is 0 Å². The zero-order valence-corrected chi connectivity index (χ0v) is 11.5. The summed E-state index contributed by atoms with van der Waals surface area (Å²) in [6.07, 6.45) is 5.35. The van der Waals surface area contributed by atoms with Crippen LogP contribution in [0.1, 0.15) is 44.0 Å². The van der Waals surface area contributed by atoms with Gasteiger partial charge >= 0.3 is 0 Å². The van der Waals surface area contributed by atoms with Crippen LogP contribution in [0.25, 0.3) is 0 Å². The fourth-order valence-electron chi connectivity index (χ4n) is 2.34.